The van der Waals surface area contributed by atoms with Crippen molar-refractivity contribution in [1.82, 2.24) is 5.32 Å². The van der Waals surface area contributed by atoms with E-state index in [0.29, 0.717) is 5.92 Å². The van der Waals surface area contributed by atoms with E-state index >= 15 is 0 Å². The Kier molecular flexibility index (Phi) is 4.96. The maximum absolute atomic E-state index is 13.3. The highest BCUT2D eigenvalue weighted by Crippen LogP contribution is 2.22. The lowest BCUT2D eigenvalue weighted by Gasteiger charge is -2.23. The highest BCUT2D eigenvalue weighted by atomic mass is 35.5. The number of hydrogen-bond donors (Lipinski definition) is 1. The first-order valence-electron chi connectivity index (χ1n) is 5.97. The molecule has 0 heterocycles. The number of rotatable bonds is 4. The Morgan fingerprint density at radius 2 is 2.00 bits per heavy atom. The molecule has 0 amide bonds. The lowest BCUT2D eigenvalue weighted by Crippen LogP contribution is -2.39. The van der Waals surface area contributed by atoms with E-state index in [1.807, 2.05) is 6.07 Å². The molecule has 1 aromatic rings. The van der Waals surface area contributed by atoms with Crippen molar-refractivity contribution in [2.75, 3.05) is 6.54 Å². The van der Waals surface area contributed by atoms with E-state index < -0.39 is 0 Å². The zero-order chi connectivity index (χ0) is 13.1. The van der Waals surface area contributed by atoms with Crippen LogP contribution in [0, 0.1) is 11.7 Å². The first-order chi connectivity index (χ1) is 7.79. The minimum Gasteiger partial charge on any atom is -0.312 e. The van der Waals surface area contributed by atoms with E-state index in [1.165, 1.54) is 6.07 Å². The Morgan fingerprint density at radius 3 is 2.59 bits per heavy atom. The lowest BCUT2D eigenvalue weighted by molar-refractivity contribution is 0.381. The van der Waals surface area contributed by atoms with Crippen LogP contribution in [0.25, 0.3) is 0 Å². The largest absolute Gasteiger partial charge is 0.312 e. The summed E-state index contributed by atoms with van der Waals surface area (Å²) in [6.45, 7) is 9.44. The summed E-state index contributed by atoms with van der Waals surface area (Å²) >= 11 is 5.93. The zero-order valence-electron chi connectivity index (χ0n) is 11.0. The van der Waals surface area contributed by atoms with E-state index in [1.54, 1.807) is 6.07 Å². The fourth-order valence-electron chi connectivity index (χ4n) is 1.63. The first-order valence-corrected chi connectivity index (χ1v) is 6.35. The van der Waals surface area contributed by atoms with E-state index in [0.717, 1.165) is 18.5 Å². The molecule has 1 atom stereocenters. The third-order valence-corrected chi connectivity index (χ3v) is 3.00. The van der Waals surface area contributed by atoms with Gasteiger partial charge < -0.3 is 5.32 Å². The predicted molar refractivity (Wildman–Crippen MR) is 72.0 cm³/mol. The molecule has 1 nitrogen and oxygen atoms in total. The zero-order valence-corrected chi connectivity index (χ0v) is 11.7. The normalized spacial score (nSPS) is 13.8. The molecular weight excluding hydrogens is 237 g/mol. The highest BCUT2D eigenvalue weighted by molar-refractivity contribution is 6.31. The van der Waals surface area contributed by atoms with E-state index in [2.05, 4.69) is 33.0 Å². The van der Waals surface area contributed by atoms with Crippen LogP contribution in [-0.2, 0) is 6.42 Å². The van der Waals surface area contributed by atoms with Gasteiger partial charge in [0.2, 0.25) is 0 Å². The molecule has 3 heteroatoms. The SMILES string of the molecule is CC(CNC(C)(C)C)Cc1cccc(F)c1Cl. The number of benzene rings is 1. The monoisotopic (exact) mass is 257 g/mol. The third-order valence-electron chi connectivity index (χ3n) is 2.58. The summed E-state index contributed by atoms with van der Waals surface area (Å²) in [5.74, 6) is 0.0914. The number of halogens is 2. The molecule has 0 aliphatic heterocycles. The van der Waals surface area contributed by atoms with Crippen molar-refractivity contribution in [1.29, 1.82) is 0 Å². The summed E-state index contributed by atoms with van der Waals surface area (Å²) < 4.78 is 13.3. The van der Waals surface area contributed by atoms with Gasteiger partial charge in [0.25, 0.3) is 0 Å². The molecule has 0 aliphatic rings. The Labute approximate surface area is 108 Å². The predicted octanol–water partition coefficient (Wildman–Crippen LogP) is 4.05. The van der Waals surface area contributed by atoms with Crippen LogP contribution >= 0.6 is 11.6 Å². The summed E-state index contributed by atoms with van der Waals surface area (Å²) in [7, 11) is 0. The number of hydrogen-bond acceptors (Lipinski definition) is 1. The topological polar surface area (TPSA) is 12.0 Å². The van der Waals surface area contributed by atoms with Gasteiger partial charge in [-0.25, -0.2) is 4.39 Å². The van der Waals surface area contributed by atoms with Crippen molar-refractivity contribution < 1.29 is 4.39 Å². The molecular formula is C14H21ClFN. The van der Waals surface area contributed by atoms with Crippen LogP contribution in [0.4, 0.5) is 4.39 Å². The van der Waals surface area contributed by atoms with Crippen molar-refractivity contribution in [2.45, 2.75) is 39.7 Å². The summed E-state index contributed by atoms with van der Waals surface area (Å²) in [5.41, 5.74) is 0.995. The maximum atomic E-state index is 13.3. The van der Waals surface area contributed by atoms with Gasteiger partial charge in [-0.05, 0) is 51.3 Å². The molecule has 17 heavy (non-hydrogen) atoms. The van der Waals surface area contributed by atoms with Crippen LogP contribution in [0.15, 0.2) is 18.2 Å². The highest BCUT2D eigenvalue weighted by Gasteiger charge is 2.13. The van der Waals surface area contributed by atoms with Crippen LogP contribution in [0.1, 0.15) is 33.3 Å². The molecule has 0 saturated heterocycles. The molecule has 1 N–H and O–H groups in total. The molecule has 0 saturated carbocycles. The van der Waals surface area contributed by atoms with Crippen LogP contribution in [0.5, 0.6) is 0 Å². The minimum atomic E-state index is -0.333. The van der Waals surface area contributed by atoms with Crippen LogP contribution in [0.3, 0.4) is 0 Å². The third kappa shape index (κ3) is 5.05. The molecule has 1 unspecified atom stereocenters. The quantitative estimate of drug-likeness (QED) is 0.858. The van der Waals surface area contributed by atoms with Gasteiger partial charge in [0.15, 0.2) is 0 Å². The smallest absolute Gasteiger partial charge is 0.142 e. The van der Waals surface area contributed by atoms with Crippen molar-refractivity contribution in [2.24, 2.45) is 5.92 Å². The van der Waals surface area contributed by atoms with Gasteiger partial charge in [-0.15, -0.1) is 0 Å². The van der Waals surface area contributed by atoms with Gasteiger partial charge in [0, 0.05) is 5.54 Å². The van der Waals surface area contributed by atoms with Crippen LogP contribution < -0.4 is 5.32 Å². The Bertz CT molecular complexity index is 371. The Morgan fingerprint density at radius 1 is 1.35 bits per heavy atom. The molecule has 1 aromatic carbocycles. The minimum absolute atomic E-state index is 0.111. The van der Waals surface area contributed by atoms with Gasteiger partial charge in [0.1, 0.15) is 5.82 Å². The van der Waals surface area contributed by atoms with Crippen LogP contribution in [0.2, 0.25) is 5.02 Å². The molecule has 96 valence electrons. The van der Waals surface area contributed by atoms with Gasteiger partial charge in [-0.1, -0.05) is 30.7 Å². The molecule has 0 spiro atoms. The molecule has 0 aliphatic carbocycles. The molecule has 1 rings (SSSR count). The van der Waals surface area contributed by atoms with Gasteiger partial charge >= 0.3 is 0 Å². The van der Waals surface area contributed by atoms with E-state index in [9.17, 15) is 4.39 Å². The molecule has 0 radical (unpaired) electrons. The van der Waals surface area contributed by atoms with Gasteiger partial charge in [0.05, 0.1) is 5.02 Å². The second-order valence-electron chi connectivity index (χ2n) is 5.65. The van der Waals surface area contributed by atoms with Crippen molar-refractivity contribution >= 4 is 11.6 Å². The fourth-order valence-corrected chi connectivity index (χ4v) is 1.84. The molecule has 0 aromatic heterocycles. The van der Waals surface area contributed by atoms with Crippen molar-refractivity contribution in [3.8, 4) is 0 Å². The second kappa shape index (κ2) is 5.83. The average Bonchev–Trinajstić information content (AvgIpc) is 2.21. The van der Waals surface area contributed by atoms with E-state index in [-0.39, 0.29) is 16.4 Å². The maximum Gasteiger partial charge on any atom is 0.142 e. The van der Waals surface area contributed by atoms with Crippen molar-refractivity contribution in [3.63, 3.8) is 0 Å². The lowest BCUT2D eigenvalue weighted by atomic mass is 9.99. The van der Waals surface area contributed by atoms with Crippen LogP contribution in [-0.4, -0.2) is 12.1 Å². The van der Waals surface area contributed by atoms with Gasteiger partial charge in [-0.2, -0.15) is 0 Å². The number of nitrogens with one attached hydrogen (secondary N) is 1. The average molecular weight is 258 g/mol. The Hall–Kier alpha value is -0.600. The first kappa shape index (κ1) is 14.5. The van der Waals surface area contributed by atoms with Crippen molar-refractivity contribution in [3.05, 3.63) is 34.6 Å². The summed E-state index contributed by atoms with van der Waals surface area (Å²) in [6.07, 6.45) is 0.791. The summed E-state index contributed by atoms with van der Waals surface area (Å²) in [5, 5.41) is 3.70. The Balaban J connectivity index is 2.56. The van der Waals surface area contributed by atoms with E-state index in [4.69, 9.17) is 11.6 Å². The standard InChI is InChI=1S/C14H21ClFN/c1-10(9-17-14(2,3)4)8-11-6-5-7-12(16)13(11)15/h5-7,10,17H,8-9H2,1-4H3. The second-order valence-corrected chi connectivity index (χ2v) is 6.03. The summed E-state index contributed by atoms with van der Waals surface area (Å²) in [4.78, 5) is 0. The molecule has 0 bridgehead atoms. The molecule has 0 fully saturated rings. The summed E-state index contributed by atoms with van der Waals surface area (Å²) in [6, 6.07) is 4.99. The fraction of sp³-hybridized carbons (Fsp3) is 0.571. The van der Waals surface area contributed by atoms with Gasteiger partial charge in [-0.3, -0.25) is 0 Å².